The molecule has 3 aromatic rings. The summed E-state index contributed by atoms with van der Waals surface area (Å²) in [6.07, 6.45) is 0. The maximum absolute atomic E-state index is 13.9. The van der Waals surface area contributed by atoms with Crippen molar-refractivity contribution in [2.45, 2.75) is 13.0 Å². The molecule has 0 saturated carbocycles. The van der Waals surface area contributed by atoms with E-state index in [9.17, 15) is 18.4 Å². The highest BCUT2D eigenvalue weighted by molar-refractivity contribution is 7.18. The normalized spacial score (nSPS) is 11.2. The Morgan fingerprint density at radius 3 is 2.24 bits per heavy atom. The molecule has 1 aromatic heterocycles. The number of amides is 1. The minimum atomic E-state index is -0.967. The van der Waals surface area contributed by atoms with Gasteiger partial charge in [0, 0.05) is 23.8 Å². The first-order valence-electron chi connectivity index (χ1n) is 9.74. The number of ketones is 1. The number of nitrogen functional groups attached to an aromatic ring is 1. The largest absolute Gasteiger partial charge is 0.382 e. The van der Waals surface area contributed by atoms with Gasteiger partial charge in [0.25, 0.3) is 5.91 Å². The number of rotatable bonds is 8. The average Bonchev–Trinajstić information content (AvgIpc) is 3.11. The number of hydrogen-bond acceptors (Lipinski definition) is 7. The van der Waals surface area contributed by atoms with Gasteiger partial charge in [0.2, 0.25) is 5.78 Å². The summed E-state index contributed by atoms with van der Waals surface area (Å²) in [4.78, 5) is 30.9. The Hall–Kier alpha value is -2.79. The fraction of sp³-hybridized carbons (Fsp3) is 0.227. The summed E-state index contributed by atoms with van der Waals surface area (Å²) in [5.41, 5.74) is 6.24. The number of carbonyl (C=O) groups is 2. The Labute approximate surface area is 212 Å². The lowest BCUT2D eigenvalue weighted by Crippen LogP contribution is -2.38. The molecule has 0 aliphatic rings. The van der Waals surface area contributed by atoms with Gasteiger partial charge in [-0.15, -0.1) is 24.8 Å². The van der Waals surface area contributed by atoms with Crippen LogP contribution in [-0.4, -0.2) is 48.3 Å². The van der Waals surface area contributed by atoms with Crippen molar-refractivity contribution in [3.05, 3.63) is 70.1 Å². The Balaban J connectivity index is 0.00000289. The van der Waals surface area contributed by atoms with Crippen LogP contribution < -0.4 is 16.4 Å². The van der Waals surface area contributed by atoms with Crippen molar-refractivity contribution in [3.8, 4) is 0 Å². The summed E-state index contributed by atoms with van der Waals surface area (Å²) in [5, 5.41) is 6.13. The second-order valence-electron chi connectivity index (χ2n) is 7.38. The number of likely N-dealkylation sites (N-methyl/N-ethyl adjacent to an activating group) is 1. The molecule has 1 heterocycles. The zero-order valence-electron chi connectivity index (χ0n) is 18.6. The Morgan fingerprint density at radius 2 is 1.68 bits per heavy atom. The van der Waals surface area contributed by atoms with Crippen LogP contribution in [-0.2, 0) is 0 Å². The van der Waals surface area contributed by atoms with Crippen molar-refractivity contribution in [1.82, 2.24) is 15.2 Å². The summed E-state index contributed by atoms with van der Waals surface area (Å²) in [7, 11) is 3.88. The van der Waals surface area contributed by atoms with E-state index in [-0.39, 0.29) is 52.6 Å². The molecule has 0 aliphatic carbocycles. The van der Waals surface area contributed by atoms with E-state index in [0.29, 0.717) is 17.8 Å². The van der Waals surface area contributed by atoms with Crippen LogP contribution in [0.25, 0.3) is 0 Å². The van der Waals surface area contributed by atoms with E-state index in [1.165, 1.54) is 6.07 Å². The van der Waals surface area contributed by atoms with Gasteiger partial charge >= 0.3 is 0 Å². The molecule has 3 rings (SSSR count). The van der Waals surface area contributed by atoms with E-state index in [1.807, 2.05) is 25.9 Å². The maximum Gasteiger partial charge on any atom is 0.251 e. The molecule has 12 heteroatoms. The lowest BCUT2D eigenvalue weighted by atomic mass is 10.1. The van der Waals surface area contributed by atoms with Crippen LogP contribution in [0.5, 0.6) is 0 Å². The molecule has 0 bridgehead atoms. The fourth-order valence-electron chi connectivity index (χ4n) is 2.73. The molecule has 184 valence electrons. The second kappa shape index (κ2) is 12.6. The molecule has 4 N–H and O–H groups in total. The number of aromatic nitrogens is 1. The first-order valence-corrected chi connectivity index (χ1v) is 10.6. The van der Waals surface area contributed by atoms with Crippen LogP contribution in [0.15, 0.2) is 42.5 Å². The third kappa shape index (κ3) is 6.86. The molecule has 0 spiro atoms. The number of nitrogens with one attached hydrogen (secondary N) is 2. The standard InChI is InChI=1S/C22H23F2N5O2S.2ClH/c1-12(29(2)3)11-26-21(31)13-7-9-14(10-8-13)27-22-28-20(25)19(32-22)18(30)17-15(23)5-4-6-16(17)24;;/h4-10,12H,11,25H2,1-3H3,(H,26,31)(H,27,28);2*1H. The number of nitrogens with zero attached hydrogens (tertiary/aromatic N) is 2. The van der Waals surface area contributed by atoms with Crippen molar-refractivity contribution in [1.29, 1.82) is 0 Å². The zero-order valence-corrected chi connectivity index (χ0v) is 21.0. The predicted molar refractivity (Wildman–Crippen MR) is 136 cm³/mol. The number of hydrogen-bond donors (Lipinski definition) is 3. The van der Waals surface area contributed by atoms with Crippen molar-refractivity contribution < 1.29 is 18.4 Å². The quantitative estimate of drug-likeness (QED) is 0.370. The average molecular weight is 532 g/mol. The van der Waals surface area contributed by atoms with Crippen LogP contribution >= 0.6 is 36.2 Å². The lowest BCUT2D eigenvalue weighted by Gasteiger charge is -2.19. The van der Waals surface area contributed by atoms with E-state index >= 15 is 0 Å². The minimum absolute atomic E-state index is 0. The van der Waals surface area contributed by atoms with E-state index in [1.54, 1.807) is 24.3 Å². The van der Waals surface area contributed by atoms with Gasteiger partial charge in [0.15, 0.2) is 5.13 Å². The number of thiazole rings is 1. The molecule has 0 aliphatic heterocycles. The number of halogens is 4. The second-order valence-corrected chi connectivity index (χ2v) is 8.38. The number of nitrogens with two attached hydrogens (primary N) is 1. The van der Waals surface area contributed by atoms with Crippen molar-refractivity contribution in [2.24, 2.45) is 0 Å². The molecule has 0 saturated heterocycles. The summed E-state index contributed by atoms with van der Waals surface area (Å²) in [6.45, 7) is 2.52. The summed E-state index contributed by atoms with van der Waals surface area (Å²) < 4.78 is 27.9. The molecule has 1 atom stereocenters. The molecule has 0 radical (unpaired) electrons. The van der Waals surface area contributed by atoms with Gasteiger partial charge in [-0.1, -0.05) is 17.4 Å². The zero-order chi connectivity index (χ0) is 23.4. The summed E-state index contributed by atoms with van der Waals surface area (Å²) in [5.74, 6) is -3.13. The smallest absolute Gasteiger partial charge is 0.251 e. The minimum Gasteiger partial charge on any atom is -0.382 e. The van der Waals surface area contributed by atoms with Crippen LogP contribution in [0.1, 0.15) is 32.5 Å². The van der Waals surface area contributed by atoms with Gasteiger partial charge in [0.05, 0.1) is 5.56 Å². The topological polar surface area (TPSA) is 100 Å². The Bertz CT molecular complexity index is 1120. The lowest BCUT2D eigenvalue weighted by molar-refractivity contribution is 0.0943. The summed E-state index contributed by atoms with van der Waals surface area (Å²) >= 11 is 0.885. The molecule has 1 unspecified atom stereocenters. The molecule has 2 aromatic carbocycles. The number of anilines is 3. The first-order chi connectivity index (χ1) is 15.2. The SMILES string of the molecule is CC(CNC(=O)c1ccc(Nc2nc(N)c(C(=O)c3c(F)cccc3F)s2)cc1)N(C)C.Cl.Cl. The fourth-order valence-corrected chi connectivity index (χ4v) is 3.58. The predicted octanol–water partition coefficient (Wildman–Crippen LogP) is 4.50. The van der Waals surface area contributed by atoms with Crippen molar-refractivity contribution in [2.75, 3.05) is 31.7 Å². The monoisotopic (exact) mass is 531 g/mol. The first kappa shape index (κ1) is 29.2. The van der Waals surface area contributed by atoms with E-state index in [4.69, 9.17) is 5.73 Å². The molecule has 7 nitrogen and oxygen atoms in total. The van der Waals surface area contributed by atoms with Crippen LogP contribution in [0.2, 0.25) is 0 Å². The van der Waals surface area contributed by atoms with Crippen molar-refractivity contribution >= 4 is 64.5 Å². The molecule has 34 heavy (non-hydrogen) atoms. The highest BCUT2D eigenvalue weighted by atomic mass is 35.5. The maximum atomic E-state index is 13.9. The highest BCUT2D eigenvalue weighted by Crippen LogP contribution is 2.31. The Morgan fingerprint density at radius 1 is 1.09 bits per heavy atom. The highest BCUT2D eigenvalue weighted by Gasteiger charge is 2.24. The van der Waals surface area contributed by atoms with Crippen LogP contribution in [0.3, 0.4) is 0 Å². The van der Waals surface area contributed by atoms with Gasteiger partial charge in [-0.25, -0.2) is 13.8 Å². The summed E-state index contributed by atoms with van der Waals surface area (Å²) in [6, 6.07) is 10.0. The van der Waals surface area contributed by atoms with Gasteiger partial charge in [-0.05, 0) is 57.4 Å². The third-order valence-electron chi connectivity index (χ3n) is 4.89. The van der Waals surface area contributed by atoms with Crippen molar-refractivity contribution in [3.63, 3.8) is 0 Å². The third-order valence-corrected chi connectivity index (χ3v) is 5.87. The number of carbonyl (C=O) groups excluding carboxylic acids is 2. The Kier molecular flexibility index (Phi) is 10.8. The molecular formula is C22H25Cl2F2N5O2S. The van der Waals surface area contributed by atoms with E-state index < -0.39 is 23.0 Å². The van der Waals surface area contributed by atoms with Gasteiger partial charge in [0.1, 0.15) is 22.3 Å². The van der Waals surface area contributed by atoms with Crippen LogP contribution in [0, 0.1) is 11.6 Å². The van der Waals surface area contributed by atoms with Gasteiger partial charge in [-0.3, -0.25) is 9.59 Å². The van der Waals surface area contributed by atoms with Crippen LogP contribution in [0.4, 0.5) is 25.4 Å². The molecule has 1 amide bonds. The molecular weight excluding hydrogens is 507 g/mol. The van der Waals surface area contributed by atoms with E-state index in [0.717, 1.165) is 23.5 Å². The molecule has 0 fully saturated rings. The number of benzene rings is 2. The van der Waals surface area contributed by atoms with Gasteiger partial charge < -0.3 is 21.3 Å². The van der Waals surface area contributed by atoms with E-state index in [2.05, 4.69) is 15.6 Å². The van der Waals surface area contributed by atoms with Gasteiger partial charge in [-0.2, -0.15) is 0 Å².